The van der Waals surface area contributed by atoms with E-state index in [0.29, 0.717) is 17.3 Å². The van der Waals surface area contributed by atoms with Gasteiger partial charge in [0.05, 0.1) is 5.69 Å². The van der Waals surface area contributed by atoms with E-state index in [2.05, 4.69) is 15.0 Å². The topological polar surface area (TPSA) is 58.6 Å². The van der Waals surface area contributed by atoms with Crippen LogP contribution in [-0.4, -0.2) is 15.0 Å². The van der Waals surface area contributed by atoms with Crippen molar-refractivity contribution in [2.24, 2.45) is 0 Å². The highest BCUT2D eigenvalue weighted by atomic mass is 32.2. The SMILES string of the molecule is CCc1c(C)nc(SCc2cc(C)ccn2)[nH]c1=O. The first-order valence-electron chi connectivity index (χ1n) is 6.24. The van der Waals surface area contributed by atoms with Crippen LogP contribution in [0.15, 0.2) is 28.3 Å². The van der Waals surface area contributed by atoms with Crippen molar-refractivity contribution in [3.8, 4) is 0 Å². The molecule has 0 aliphatic carbocycles. The lowest BCUT2D eigenvalue weighted by molar-refractivity contribution is 0.858. The average Bonchev–Trinajstić information content (AvgIpc) is 2.36. The lowest BCUT2D eigenvalue weighted by Crippen LogP contribution is -2.16. The average molecular weight is 275 g/mol. The van der Waals surface area contributed by atoms with Crippen molar-refractivity contribution in [2.75, 3.05) is 0 Å². The molecule has 2 rings (SSSR count). The van der Waals surface area contributed by atoms with Crippen LogP contribution in [0.2, 0.25) is 0 Å². The maximum absolute atomic E-state index is 11.8. The number of thioether (sulfide) groups is 1. The van der Waals surface area contributed by atoms with Crippen molar-refractivity contribution in [1.29, 1.82) is 0 Å². The number of pyridine rings is 1. The Hall–Kier alpha value is -1.62. The van der Waals surface area contributed by atoms with Crippen LogP contribution in [0.25, 0.3) is 0 Å². The molecule has 0 aromatic carbocycles. The van der Waals surface area contributed by atoms with Crippen molar-refractivity contribution < 1.29 is 0 Å². The van der Waals surface area contributed by atoms with Crippen LogP contribution in [0, 0.1) is 13.8 Å². The zero-order valence-electron chi connectivity index (χ0n) is 11.4. The van der Waals surface area contributed by atoms with Gasteiger partial charge in [0.1, 0.15) is 0 Å². The summed E-state index contributed by atoms with van der Waals surface area (Å²) >= 11 is 1.50. The number of nitrogens with zero attached hydrogens (tertiary/aromatic N) is 2. The third kappa shape index (κ3) is 3.44. The lowest BCUT2D eigenvalue weighted by Gasteiger charge is -2.05. The Morgan fingerprint density at radius 2 is 2.16 bits per heavy atom. The molecule has 0 radical (unpaired) electrons. The van der Waals surface area contributed by atoms with Crippen LogP contribution in [0.1, 0.15) is 29.4 Å². The van der Waals surface area contributed by atoms with Crippen LogP contribution in [0.5, 0.6) is 0 Å². The number of hydrogen-bond acceptors (Lipinski definition) is 4. The molecule has 0 saturated carbocycles. The number of hydrogen-bond donors (Lipinski definition) is 1. The van der Waals surface area contributed by atoms with Gasteiger partial charge in [0.25, 0.3) is 5.56 Å². The summed E-state index contributed by atoms with van der Waals surface area (Å²) in [5.74, 6) is 0.704. The second-order valence-electron chi connectivity index (χ2n) is 4.40. The van der Waals surface area contributed by atoms with Gasteiger partial charge in [0.2, 0.25) is 0 Å². The number of aryl methyl sites for hydroxylation is 2. The molecular weight excluding hydrogens is 258 g/mol. The minimum Gasteiger partial charge on any atom is -0.301 e. The van der Waals surface area contributed by atoms with Gasteiger partial charge in [0.15, 0.2) is 5.16 Å². The molecule has 0 fully saturated rings. The molecule has 0 aliphatic rings. The summed E-state index contributed by atoms with van der Waals surface area (Å²) in [6.45, 7) is 5.88. The summed E-state index contributed by atoms with van der Waals surface area (Å²) in [6.07, 6.45) is 2.51. The molecule has 0 aliphatic heterocycles. The quantitative estimate of drug-likeness (QED) is 0.688. The van der Waals surface area contributed by atoms with Gasteiger partial charge >= 0.3 is 0 Å². The molecule has 0 amide bonds. The van der Waals surface area contributed by atoms with Gasteiger partial charge in [0, 0.05) is 23.2 Å². The Bertz CT molecular complexity index is 637. The summed E-state index contributed by atoms with van der Waals surface area (Å²) in [4.78, 5) is 23.4. The van der Waals surface area contributed by atoms with Crippen molar-refractivity contribution in [2.45, 2.75) is 38.1 Å². The monoisotopic (exact) mass is 275 g/mol. The summed E-state index contributed by atoms with van der Waals surface area (Å²) in [7, 11) is 0. The zero-order chi connectivity index (χ0) is 13.8. The summed E-state index contributed by atoms with van der Waals surface area (Å²) < 4.78 is 0. The standard InChI is InChI=1S/C14H17N3OS/c1-4-12-10(3)16-14(17-13(12)18)19-8-11-7-9(2)5-6-15-11/h5-7H,4,8H2,1-3H3,(H,16,17,18). The van der Waals surface area contributed by atoms with Crippen molar-refractivity contribution in [3.63, 3.8) is 0 Å². The van der Waals surface area contributed by atoms with Gasteiger partial charge in [-0.05, 0) is 38.0 Å². The Kier molecular flexibility index (Phi) is 4.37. The molecule has 0 bridgehead atoms. The maximum Gasteiger partial charge on any atom is 0.254 e. The zero-order valence-corrected chi connectivity index (χ0v) is 12.2. The van der Waals surface area contributed by atoms with Crippen LogP contribution in [-0.2, 0) is 12.2 Å². The third-order valence-corrected chi connectivity index (χ3v) is 3.79. The van der Waals surface area contributed by atoms with Gasteiger partial charge in [-0.15, -0.1) is 0 Å². The van der Waals surface area contributed by atoms with E-state index in [-0.39, 0.29) is 5.56 Å². The van der Waals surface area contributed by atoms with E-state index in [1.165, 1.54) is 17.3 Å². The Morgan fingerprint density at radius 3 is 2.79 bits per heavy atom. The predicted molar refractivity (Wildman–Crippen MR) is 77.5 cm³/mol. The van der Waals surface area contributed by atoms with Crippen LogP contribution in [0.3, 0.4) is 0 Å². The smallest absolute Gasteiger partial charge is 0.254 e. The number of aromatic amines is 1. The molecule has 2 heterocycles. The summed E-state index contributed by atoms with van der Waals surface area (Å²) in [5, 5.41) is 0.656. The first-order valence-corrected chi connectivity index (χ1v) is 7.23. The fourth-order valence-electron chi connectivity index (χ4n) is 1.89. The highest BCUT2D eigenvalue weighted by molar-refractivity contribution is 7.98. The van der Waals surface area contributed by atoms with Gasteiger partial charge in [-0.2, -0.15) is 0 Å². The van der Waals surface area contributed by atoms with Gasteiger partial charge in [-0.1, -0.05) is 18.7 Å². The second-order valence-corrected chi connectivity index (χ2v) is 5.37. The fraction of sp³-hybridized carbons (Fsp3) is 0.357. The number of rotatable bonds is 4. The first kappa shape index (κ1) is 13.8. The molecule has 0 atom stereocenters. The van der Waals surface area contributed by atoms with Gasteiger partial charge in [-0.25, -0.2) is 4.98 Å². The Morgan fingerprint density at radius 1 is 1.37 bits per heavy atom. The van der Waals surface area contributed by atoms with E-state index in [1.54, 1.807) is 6.20 Å². The van der Waals surface area contributed by atoms with Gasteiger partial charge in [-0.3, -0.25) is 9.78 Å². The van der Waals surface area contributed by atoms with Gasteiger partial charge < -0.3 is 4.98 Å². The highest BCUT2D eigenvalue weighted by Gasteiger charge is 2.07. The van der Waals surface area contributed by atoms with Crippen molar-refractivity contribution in [3.05, 3.63) is 51.2 Å². The van der Waals surface area contributed by atoms with Crippen molar-refractivity contribution >= 4 is 11.8 Å². The van der Waals surface area contributed by atoms with E-state index in [4.69, 9.17) is 0 Å². The molecule has 0 saturated heterocycles. The maximum atomic E-state index is 11.8. The molecule has 5 heteroatoms. The van der Waals surface area contributed by atoms with Crippen LogP contribution < -0.4 is 5.56 Å². The minimum absolute atomic E-state index is 0.0327. The first-order chi connectivity index (χ1) is 9.10. The molecule has 2 aromatic rings. The second kappa shape index (κ2) is 6.02. The summed E-state index contributed by atoms with van der Waals surface area (Å²) in [5.41, 5.74) is 3.72. The molecule has 4 nitrogen and oxygen atoms in total. The Balaban J connectivity index is 2.14. The molecule has 100 valence electrons. The van der Waals surface area contributed by atoms with Crippen LogP contribution in [0.4, 0.5) is 0 Å². The molecule has 0 unspecified atom stereocenters. The molecule has 0 spiro atoms. The normalized spacial score (nSPS) is 10.7. The number of H-pyrrole nitrogens is 1. The summed E-state index contributed by atoms with van der Waals surface area (Å²) in [6, 6.07) is 4.01. The van der Waals surface area contributed by atoms with E-state index in [9.17, 15) is 4.79 Å². The third-order valence-electron chi connectivity index (χ3n) is 2.88. The largest absolute Gasteiger partial charge is 0.301 e. The van der Waals surface area contributed by atoms with E-state index in [0.717, 1.165) is 17.0 Å². The number of aromatic nitrogens is 3. The van der Waals surface area contributed by atoms with Crippen LogP contribution >= 0.6 is 11.8 Å². The molecule has 2 aromatic heterocycles. The molecular formula is C14H17N3OS. The number of nitrogens with one attached hydrogen (secondary N) is 1. The lowest BCUT2D eigenvalue weighted by atomic mass is 10.2. The molecule has 1 N–H and O–H groups in total. The van der Waals surface area contributed by atoms with E-state index in [1.807, 2.05) is 32.9 Å². The molecule has 19 heavy (non-hydrogen) atoms. The van der Waals surface area contributed by atoms with Crippen molar-refractivity contribution in [1.82, 2.24) is 15.0 Å². The highest BCUT2D eigenvalue weighted by Crippen LogP contribution is 2.18. The van der Waals surface area contributed by atoms with E-state index < -0.39 is 0 Å². The van der Waals surface area contributed by atoms with E-state index >= 15 is 0 Å². The fourth-order valence-corrected chi connectivity index (χ4v) is 2.70. The minimum atomic E-state index is -0.0327. The Labute approximate surface area is 116 Å². The predicted octanol–water partition coefficient (Wildman–Crippen LogP) is 2.64.